The molecule has 0 aliphatic heterocycles. The van der Waals surface area contributed by atoms with Crippen molar-refractivity contribution in [3.8, 4) is 0 Å². The normalized spacial score (nSPS) is 40.9. The first kappa shape index (κ1) is 16.3. The summed E-state index contributed by atoms with van der Waals surface area (Å²) in [7, 11) is 0. The van der Waals surface area contributed by atoms with Crippen molar-refractivity contribution in [1.29, 1.82) is 0 Å². The summed E-state index contributed by atoms with van der Waals surface area (Å²) in [6.45, 7) is 0. The molecule has 5 aliphatic rings. The second-order valence-electron chi connectivity index (χ2n) is 8.78. The summed E-state index contributed by atoms with van der Waals surface area (Å²) in [6, 6.07) is 0. The smallest absolute Gasteiger partial charge is 0.228 e. The van der Waals surface area contributed by atoms with Crippen LogP contribution in [-0.4, -0.2) is 11.7 Å². The zero-order valence-corrected chi connectivity index (χ0v) is 15.2. The molecule has 3 heteroatoms. The van der Waals surface area contributed by atoms with E-state index >= 15 is 0 Å². The Morgan fingerprint density at radius 1 is 1.04 bits per heavy atom. The highest BCUT2D eigenvalue weighted by Crippen LogP contribution is 2.56. The fourth-order valence-electron chi connectivity index (χ4n) is 6.63. The highest BCUT2D eigenvalue weighted by molar-refractivity contribution is 6.02. The number of carbonyl (C=O) groups excluding carboxylic acids is 2. The van der Waals surface area contributed by atoms with Crippen molar-refractivity contribution in [3.63, 3.8) is 0 Å². The van der Waals surface area contributed by atoms with Crippen molar-refractivity contribution < 1.29 is 9.59 Å². The Labute approximate surface area is 155 Å². The van der Waals surface area contributed by atoms with Crippen LogP contribution >= 0.6 is 0 Å². The van der Waals surface area contributed by atoms with Gasteiger partial charge in [-0.25, -0.2) is 0 Å². The van der Waals surface area contributed by atoms with Crippen LogP contribution in [0.3, 0.4) is 0 Å². The minimum Gasteiger partial charge on any atom is -0.369 e. The first-order valence-corrected chi connectivity index (χ1v) is 10.3. The van der Waals surface area contributed by atoms with Crippen LogP contribution in [-0.2, 0) is 9.59 Å². The zero-order chi connectivity index (χ0) is 17.8. The number of nitrogens with two attached hydrogens (primary N) is 1. The standard InChI is InChI=1S/C23H27NO2/c24-23(26)20-10-7-14-6-9-18-17-8-5-13-3-1-2-4-15(13)16(17)11-12-19(18)21(14)22(20)25/h1,3-5,8,14,16,18-21H,2,6-7,9-12H2,(H2,24,26). The van der Waals surface area contributed by atoms with E-state index in [1.165, 1.54) is 17.6 Å². The van der Waals surface area contributed by atoms with Crippen molar-refractivity contribution in [1.82, 2.24) is 0 Å². The van der Waals surface area contributed by atoms with Gasteiger partial charge < -0.3 is 5.73 Å². The van der Waals surface area contributed by atoms with E-state index < -0.39 is 11.8 Å². The van der Waals surface area contributed by atoms with Gasteiger partial charge in [-0.3, -0.25) is 9.59 Å². The second-order valence-corrected chi connectivity index (χ2v) is 8.78. The first-order chi connectivity index (χ1) is 12.6. The summed E-state index contributed by atoms with van der Waals surface area (Å²) in [4.78, 5) is 24.8. The van der Waals surface area contributed by atoms with Gasteiger partial charge in [-0.15, -0.1) is 0 Å². The Kier molecular flexibility index (Phi) is 3.80. The summed E-state index contributed by atoms with van der Waals surface area (Å²) in [5.74, 6) is 1.22. The molecule has 3 saturated carbocycles. The number of hydrogen-bond donors (Lipinski definition) is 1. The molecule has 0 bridgehead atoms. The molecule has 0 heterocycles. The van der Waals surface area contributed by atoms with Crippen LogP contribution in [0.1, 0.15) is 44.9 Å². The third-order valence-corrected chi connectivity index (χ3v) is 7.73. The van der Waals surface area contributed by atoms with Gasteiger partial charge in [-0.1, -0.05) is 36.0 Å². The van der Waals surface area contributed by atoms with Crippen LogP contribution in [0.4, 0.5) is 0 Å². The van der Waals surface area contributed by atoms with Crippen LogP contribution in [0, 0.1) is 35.5 Å². The van der Waals surface area contributed by atoms with Gasteiger partial charge >= 0.3 is 0 Å². The molecule has 2 N–H and O–H groups in total. The van der Waals surface area contributed by atoms with Crippen molar-refractivity contribution in [2.24, 2.45) is 41.2 Å². The molecule has 5 aliphatic carbocycles. The summed E-state index contributed by atoms with van der Waals surface area (Å²) >= 11 is 0. The highest BCUT2D eigenvalue weighted by Gasteiger charge is 2.52. The van der Waals surface area contributed by atoms with E-state index in [4.69, 9.17) is 5.73 Å². The molecule has 0 aromatic rings. The van der Waals surface area contributed by atoms with Gasteiger partial charge in [0.25, 0.3) is 0 Å². The number of Topliss-reactive ketones (excluding diaryl/α,β-unsaturated/α-hetero) is 1. The summed E-state index contributed by atoms with van der Waals surface area (Å²) in [5.41, 5.74) is 9.97. The lowest BCUT2D eigenvalue weighted by molar-refractivity contribution is -0.143. The van der Waals surface area contributed by atoms with E-state index in [1.807, 2.05) is 0 Å². The predicted octanol–water partition coefficient (Wildman–Crippen LogP) is 3.87. The Morgan fingerprint density at radius 3 is 2.73 bits per heavy atom. The molecule has 6 atom stereocenters. The lowest BCUT2D eigenvalue weighted by Gasteiger charge is -2.51. The van der Waals surface area contributed by atoms with Gasteiger partial charge in [0, 0.05) is 11.8 Å². The predicted molar refractivity (Wildman–Crippen MR) is 101 cm³/mol. The minimum atomic E-state index is -0.536. The van der Waals surface area contributed by atoms with Crippen molar-refractivity contribution in [2.75, 3.05) is 0 Å². The largest absolute Gasteiger partial charge is 0.369 e. The lowest BCUT2D eigenvalue weighted by atomic mass is 9.52. The van der Waals surface area contributed by atoms with Gasteiger partial charge in [0.1, 0.15) is 5.78 Å². The molecule has 0 radical (unpaired) electrons. The second kappa shape index (κ2) is 6.07. The van der Waals surface area contributed by atoms with Gasteiger partial charge in [-0.05, 0) is 73.8 Å². The number of allylic oxidation sites excluding steroid dienone is 8. The number of primary amides is 1. The van der Waals surface area contributed by atoms with Gasteiger partial charge in [-0.2, -0.15) is 0 Å². The highest BCUT2D eigenvalue weighted by atomic mass is 16.2. The van der Waals surface area contributed by atoms with E-state index in [2.05, 4.69) is 30.4 Å². The maximum Gasteiger partial charge on any atom is 0.228 e. The SMILES string of the molecule is NC(=O)C1CCC2CCC3C4=CC=C5C=CCC=C5C4CCC3C2C1=O. The molecule has 5 rings (SSSR count). The van der Waals surface area contributed by atoms with E-state index in [1.54, 1.807) is 5.57 Å². The Bertz CT molecular complexity index is 784. The maximum absolute atomic E-state index is 13.1. The van der Waals surface area contributed by atoms with Crippen LogP contribution in [0.25, 0.3) is 0 Å². The number of ketones is 1. The third kappa shape index (κ3) is 2.32. The molecular formula is C23H27NO2. The monoisotopic (exact) mass is 349 g/mol. The quantitative estimate of drug-likeness (QED) is 0.731. The van der Waals surface area contributed by atoms with E-state index in [0.29, 0.717) is 30.1 Å². The van der Waals surface area contributed by atoms with Gasteiger partial charge in [0.15, 0.2) is 0 Å². The van der Waals surface area contributed by atoms with Crippen LogP contribution in [0.15, 0.2) is 47.1 Å². The van der Waals surface area contributed by atoms with Gasteiger partial charge in [0.2, 0.25) is 5.91 Å². The lowest BCUT2D eigenvalue weighted by Crippen LogP contribution is -2.50. The molecule has 1 amide bonds. The fourth-order valence-corrected chi connectivity index (χ4v) is 6.63. The number of carbonyl (C=O) groups is 2. The zero-order valence-electron chi connectivity index (χ0n) is 15.2. The summed E-state index contributed by atoms with van der Waals surface area (Å²) in [5, 5.41) is 0. The molecule has 0 aromatic heterocycles. The van der Waals surface area contributed by atoms with Crippen molar-refractivity contribution in [2.45, 2.75) is 44.9 Å². The van der Waals surface area contributed by atoms with Crippen LogP contribution in [0.5, 0.6) is 0 Å². The minimum absolute atomic E-state index is 0.0625. The average molecular weight is 349 g/mol. The average Bonchev–Trinajstić information content (AvgIpc) is 2.66. The fraction of sp³-hybridized carbons (Fsp3) is 0.565. The molecule has 0 aromatic carbocycles. The summed E-state index contributed by atoms with van der Waals surface area (Å²) in [6.07, 6.45) is 18.8. The van der Waals surface area contributed by atoms with Crippen molar-refractivity contribution in [3.05, 3.63) is 47.1 Å². The van der Waals surface area contributed by atoms with Crippen molar-refractivity contribution >= 4 is 11.7 Å². The molecule has 136 valence electrons. The number of rotatable bonds is 1. The van der Waals surface area contributed by atoms with E-state index in [-0.39, 0.29) is 11.7 Å². The molecule has 3 nitrogen and oxygen atoms in total. The number of fused-ring (bicyclic) bond motifs is 7. The van der Waals surface area contributed by atoms with E-state index in [9.17, 15) is 9.59 Å². The molecule has 6 unspecified atom stereocenters. The number of hydrogen-bond acceptors (Lipinski definition) is 2. The third-order valence-electron chi connectivity index (χ3n) is 7.73. The Morgan fingerprint density at radius 2 is 1.88 bits per heavy atom. The molecule has 0 spiro atoms. The topological polar surface area (TPSA) is 60.2 Å². The Hall–Kier alpha value is -1.90. The Balaban J connectivity index is 1.48. The van der Waals surface area contributed by atoms with E-state index in [0.717, 1.165) is 32.1 Å². The van der Waals surface area contributed by atoms with Crippen LogP contribution < -0.4 is 5.73 Å². The summed E-state index contributed by atoms with van der Waals surface area (Å²) < 4.78 is 0. The number of amides is 1. The molecule has 0 saturated heterocycles. The molecular weight excluding hydrogens is 322 g/mol. The molecule has 3 fully saturated rings. The van der Waals surface area contributed by atoms with Gasteiger partial charge in [0.05, 0.1) is 5.92 Å². The first-order valence-electron chi connectivity index (χ1n) is 10.3. The molecule has 26 heavy (non-hydrogen) atoms. The maximum atomic E-state index is 13.1. The van der Waals surface area contributed by atoms with Crippen LogP contribution in [0.2, 0.25) is 0 Å².